The minimum atomic E-state index is 0.784. The summed E-state index contributed by atoms with van der Waals surface area (Å²) in [5.41, 5.74) is 0. The zero-order chi connectivity index (χ0) is 12.1. The Kier molecular flexibility index (Phi) is 4.25. The number of aromatic nitrogens is 2. The molecule has 0 saturated carbocycles. The fourth-order valence-corrected chi connectivity index (χ4v) is 2.25. The lowest BCUT2D eigenvalue weighted by molar-refractivity contribution is 0.337. The molecule has 1 aliphatic heterocycles. The predicted molar refractivity (Wildman–Crippen MR) is 68.5 cm³/mol. The Morgan fingerprint density at radius 1 is 1.41 bits per heavy atom. The first-order valence-electron chi connectivity index (χ1n) is 6.34. The maximum atomic E-state index is 5.17. The minimum absolute atomic E-state index is 0.784. The van der Waals surface area contributed by atoms with E-state index < -0.39 is 0 Å². The molecule has 0 aromatic carbocycles. The van der Waals surface area contributed by atoms with Gasteiger partial charge in [-0.2, -0.15) is 5.10 Å². The number of aryl methyl sites for hydroxylation is 1. The third kappa shape index (κ3) is 3.36. The van der Waals surface area contributed by atoms with Gasteiger partial charge in [0.2, 0.25) is 5.88 Å². The number of nitrogens with zero attached hydrogens (tertiary/aromatic N) is 3. The Morgan fingerprint density at radius 3 is 2.82 bits per heavy atom. The molecule has 5 nitrogen and oxygen atoms in total. The van der Waals surface area contributed by atoms with Gasteiger partial charge in [-0.3, -0.25) is 0 Å². The van der Waals surface area contributed by atoms with Crippen molar-refractivity contribution in [3.05, 3.63) is 6.07 Å². The summed E-state index contributed by atoms with van der Waals surface area (Å²) in [5.74, 6) is 1.68. The zero-order valence-corrected chi connectivity index (χ0v) is 10.8. The Morgan fingerprint density at radius 2 is 2.18 bits per heavy atom. The quantitative estimate of drug-likeness (QED) is 0.759. The smallest absolute Gasteiger partial charge is 0.213 e. The fraction of sp³-hybridized carbons (Fsp3) is 0.750. The van der Waals surface area contributed by atoms with Crippen LogP contribution in [0.25, 0.3) is 0 Å². The van der Waals surface area contributed by atoms with Crippen molar-refractivity contribution in [2.45, 2.75) is 19.3 Å². The Labute approximate surface area is 103 Å². The van der Waals surface area contributed by atoms with E-state index in [0.29, 0.717) is 0 Å². The third-order valence-corrected chi connectivity index (χ3v) is 3.20. The molecule has 1 fully saturated rings. The van der Waals surface area contributed by atoms with Gasteiger partial charge in [-0.1, -0.05) is 0 Å². The van der Waals surface area contributed by atoms with E-state index in [1.165, 1.54) is 38.9 Å². The molecule has 0 radical (unpaired) electrons. The summed E-state index contributed by atoms with van der Waals surface area (Å²) in [6.45, 7) is 4.71. The van der Waals surface area contributed by atoms with E-state index in [1.807, 2.05) is 13.1 Å². The molecule has 0 amide bonds. The highest BCUT2D eigenvalue weighted by atomic mass is 16.5. The summed E-state index contributed by atoms with van der Waals surface area (Å²) >= 11 is 0. The number of nitrogens with one attached hydrogen (secondary N) is 1. The van der Waals surface area contributed by atoms with Gasteiger partial charge in [0, 0.05) is 19.7 Å². The van der Waals surface area contributed by atoms with Crippen LogP contribution in [-0.2, 0) is 7.05 Å². The third-order valence-electron chi connectivity index (χ3n) is 3.20. The molecule has 1 aliphatic rings. The second-order valence-electron chi connectivity index (χ2n) is 4.52. The molecule has 0 spiro atoms. The average molecular weight is 238 g/mol. The highest BCUT2D eigenvalue weighted by Gasteiger charge is 2.10. The van der Waals surface area contributed by atoms with Gasteiger partial charge in [0.1, 0.15) is 0 Å². The van der Waals surface area contributed by atoms with Crippen molar-refractivity contribution >= 4 is 5.82 Å². The van der Waals surface area contributed by atoms with Gasteiger partial charge in [-0.15, -0.1) is 0 Å². The predicted octanol–water partition coefficient (Wildman–Crippen LogP) is 1.33. The number of hydrogen-bond donors (Lipinski definition) is 1. The van der Waals surface area contributed by atoms with Crippen LogP contribution in [0.3, 0.4) is 0 Å². The summed E-state index contributed by atoms with van der Waals surface area (Å²) in [6.07, 6.45) is 3.90. The highest BCUT2D eigenvalue weighted by Crippen LogP contribution is 2.15. The van der Waals surface area contributed by atoms with Gasteiger partial charge < -0.3 is 15.0 Å². The maximum Gasteiger partial charge on any atom is 0.213 e. The summed E-state index contributed by atoms with van der Waals surface area (Å²) in [4.78, 5) is 2.53. The van der Waals surface area contributed by atoms with Gasteiger partial charge in [0.05, 0.1) is 7.11 Å². The van der Waals surface area contributed by atoms with Gasteiger partial charge in [-0.25, -0.2) is 4.68 Å². The first-order valence-corrected chi connectivity index (χ1v) is 6.34. The molecule has 1 saturated heterocycles. The highest BCUT2D eigenvalue weighted by molar-refractivity contribution is 5.38. The largest absolute Gasteiger partial charge is 0.481 e. The molecule has 0 atom stereocenters. The Hall–Kier alpha value is -1.23. The van der Waals surface area contributed by atoms with Gasteiger partial charge in [0.25, 0.3) is 0 Å². The van der Waals surface area contributed by atoms with Crippen molar-refractivity contribution < 1.29 is 4.74 Å². The molecule has 2 rings (SSSR count). The molecule has 0 unspecified atom stereocenters. The fourth-order valence-electron chi connectivity index (χ4n) is 2.25. The number of likely N-dealkylation sites (tertiary alicyclic amines) is 1. The normalized spacial score (nSPS) is 16.4. The van der Waals surface area contributed by atoms with E-state index in [4.69, 9.17) is 4.74 Å². The standard InChI is InChI=1S/C12H22N4O/c1-15-12(17-2)10-11(14-15)13-6-5-9-16-7-3-4-8-16/h10H,3-9H2,1-2H3,(H,13,14). The Bertz CT molecular complexity index is 344. The van der Waals surface area contributed by atoms with Crippen LogP contribution in [0, 0.1) is 0 Å². The van der Waals surface area contributed by atoms with E-state index in [-0.39, 0.29) is 0 Å². The monoisotopic (exact) mass is 238 g/mol. The van der Waals surface area contributed by atoms with Gasteiger partial charge in [0.15, 0.2) is 5.82 Å². The summed E-state index contributed by atoms with van der Waals surface area (Å²) < 4.78 is 6.90. The van der Waals surface area contributed by atoms with Crippen LogP contribution < -0.4 is 10.1 Å². The maximum absolute atomic E-state index is 5.17. The summed E-state index contributed by atoms with van der Waals surface area (Å²) in [6, 6.07) is 1.93. The van der Waals surface area contributed by atoms with Crippen LogP contribution in [0.2, 0.25) is 0 Å². The summed E-state index contributed by atoms with van der Waals surface area (Å²) in [7, 11) is 3.54. The molecule has 1 aromatic heterocycles. The van der Waals surface area contributed by atoms with Crippen molar-refractivity contribution in [2.24, 2.45) is 7.05 Å². The van der Waals surface area contributed by atoms with E-state index in [1.54, 1.807) is 11.8 Å². The Balaban J connectivity index is 1.66. The van der Waals surface area contributed by atoms with E-state index in [2.05, 4.69) is 15.3 Å². The van der Waals surface area contributed by atoms with Crippen LogP contribution in [0.1, 0.15) is 19.3 Å². The molecule has 96 valence electrons. The molecular formula is C12H22N4O. The number of methoxy groups -OCH3 is 1. The molecule has 0 bridgehead atoms. The first kappa shape index (κ1) is 12.2. The van der Waals surface area contributed by atoms with Crippen LogP contribution >= 0.6 is 0 Å². The van der Waals surface area contributed by atoms with Gasteiger partial charge in [-0.05, 0) is 38.9 Å². The van der Waals surface area contributed by atoms with E-state index in [9.17, 15) is 0 Å². The zero-order valence-electron chi connectivity index (χ0n) is 10.8. The minimum Gasteiger partial charge on any atom is -0.481 e. The number of ether oxygens (including phenoxy) is 1. The molecule has 17 heavy (non-hydrogen) atoms. The van der Waals surface area contributed by atoms with Gasteiger partial charge >= 0.3 is 0 Å². The van der Waals surface area contributed by atoms with Crippen molar-refractivity contribution in [3.8, 4) is 5.88 Å². The summed E-state index contributed by atoms with van der Waals surface area (Å²) in [5, 5.41) is 7.64. The number of rotatable bonds is 6. The topological polar surface area (TPSA) is 42.3 Å². The molecule has 2 heterocycles. The van der Waals surface area contributed by atoms with Crippen molar-refractivity contribution in [1.82, 2.24) is 14.7 Å². The average Bonchev–Trinajstić information content (AvgIpc) is 2.94. The number of hydrogen-bond acceptors (Lipinski definition) is 4. The molecule has 1 aromatic rings. The van der Waals surface area contributed by atoms with Crippen LogP contribution in [0.15, 0.2) is 6.07 Å². The second kappa shape index (κ2) is 5.91. The van der Waals surface area contributed by atoms with E-state index >= 15 is 0 Å². The van der Waals surface area contributed by atoms with Crippen molar-refractivity contribution in [1.29, 1.82) is 0 Å². The lowest BCUT2D eigenvalue weighted by Gasteiger charge is -2.13. The lowest BCUT2D eigenvalue weighted by atomic mass is 10.4. The first-order chi connectivity index (χ1) is 8.29. The van der Waals surface area contributed by atoms with Crippen LogP contribution in [-0.4, -0.2) is 48.0 Å². The molecule has 5 heteroatoms. The SMILES string of the molecule is COc1cc(NCCCN2CCCC2)nn1C. The van der Waals surface area contributed by atoms with Crippen molar-refractivity contribution in [2.75, 3.05) is 38.6 Å². The molecular weight excluding hydrogens is 216 g/mol. The number of anilines is 1. The second-order valence-corrected chi connectivity index (χ2v) is 4.52. The molecule has 1 N–H and O–H groups in total. The lowest BCUT2D eigenvalue weighted by Crippen LogP contribution is -2.22. The van der Waals surface area contributed by atoms with E-state index in [0.717, 1.165) is 18.2 Å². The van der Waals surface area contributed by atoms with Crippen LogP contribution in [0.4, 0.5) is 5.82 Å². The molecule has 0 aliphatic carbocycles. The van der Waals surface area contributed by atoms with Crippen molar-refractivity contribution in [3.63, 3.8) is 0 Å². The van der Waals surface area contributed by atoms with Crippen LogP contribution in [0.5, 0.6) is 5.88 Å².